The van der Waals surface area contributed by atoms with E-state index in [0.29, 0.717) is 75.2 Å². The van der Waals surface area contributed by atoms with Crippen molar-refractivity contribution in [1.29, 1.82) is 0 Å². The minimum Gasteiger partial charge on any atom is -0.475 e. The summed E-state index contributed by atoms with van der Waals surface area (Å²) in [7, 11) is 1.68. The number of ether oxygens (including phenoxy) is 3. The molecule has 0 bridgehead atoms. The lowest BCUT2D eigenvalue weighted by atomic mass is 10.0. The summed E-state index contributed by atoms with van der Waals surface area (Å²) in [6.45, 7) is 6.44. The van der Waals surface area contributed by atoms with Gasteiger partial charge < -0.3 is 29.5 Å². The van der Waals surface area contributed by atoms with Crippen LogP contribution in [0, 0.1) is 17.8 Å². The highest BCUT2D eigenvalue weighted by atomic mass is 19.1. The maximum absolute atomic E-state index is 12.7. The van der Waals surface area contributed by atoms with Crippen LogP contribution >= 0.6 is 0 Å². The van der Waals surface area contributed by atoms with Crippen LogP contribution in [0.2, 0.25) is 0 Å². The van der Waals surface area contributed by atoms with Gasteiger partial charge in [0.1, 0.15) is 0 Å². The number of nitrogens with zero attached hydrogens (tertiary/aromatic N) is 3. The molecule has 10 heteroatoms. The van der Waals surface area contributed by atoms with E-state index in [1.54, 1.807) is 7.11 Å². The van der Waals surface area contributed by atoms with E-state index >= 15 is 0 Å². The molecule has 1 aromatic heterocycles. The largest absolute Gasteiger partial charge is 0.475 e. The van der Waals surface area contributed by atoms with Crippen LogP contribution in [0.4, 0.5) is 10.2 Å². The first kappa shape index (κ1) is 25.6. The zero-order valence-electron chi connectivity index (χ0n) is 19.8. The summed E-state index contributed by atoms with van der Waals surface area (Å²) in [4.78, 5) is 23.7. The van der Waals surface area contributed by atoms with E-state index < -0.39 is 0 Å². The van der Waals surface area contributed by atoms with Crippen LogP contribution in [-0.4, -0.2) is 86.4 Å². The van der Waals surface area contributed by atoms with Gasteiger partial charge in [0.15, 0.2) is 11.5 Å². The highest BCUT2D eigenvalue weighted by Gasteiger charge is 2.38. The van der Waals surface area contributed by atoms with Gasteiger partial charge in [-0.15, -0.1) is 0 Å². The van der Waals surface area contributed by atoms with E-state index in [1.165, 1.54) is 6.20 Å². The average Bonchev–Trinajstić information content (AvgIpc) is 3.52. The Morgan fingerprint density at radius 2 is 2.09 bits per heavy atom. The van der Waals surface area contributed by atoms with Gasteiger partial charge in [0.2, 0.25) is 0 Å². The minimum atomic E-state index is -0.387. The number of hydrogen-bond donors (Lipinski definition) is 2. The third kappa shape index (κ3) is 7.48. The van der Waals surface area contributed by atoms with Crippen molar-refractivity contribution < 1.29 is 28.5 Å². The molecule has 1 saturated carbocycles. The smallest absolute Gasteiger partial charge is 0.271 e. The van der Waals surface area contributed by atoms with Crippen molar-refractivity contribution in [2.24, 2.45) is 17.8 Å². The molecule has 9 nitrogen and oxygen atoms in total. The minimum absolute atomic E-state index is 0.137. The van der Waals surface area contributed by atoms with E-state index in [4.69, 9.17) is 14.2 Å². The maximum atomic E-state index is 12.7. The number of anilines is 1. The summed E-state index contributed by atoms with van der Waals surface area (Å²) in [5.74, 6) is 1.61. The number of carbonyl (C=O) groups excluding carboxylic acids is 1. The van der Waals surface area contributed by atoms with Crippen LogP contribution in [0.1, 0.15) is 43.6 Å². The monoisotopic (exact) mass is 468 g/mol. The fraction of sp³-hybridized carbons (Fsp3) is 0.783. The van der Waals surface area contributed by atoms with Crippen molar-refractivity contribution in [3.63, 3.8) is 0 Å². The average molecular weight is 469 g/mol. The summed E-state index contributed by atoms with van der Waals surface area (Å²) < 4.78 is 29.1. The molecule has 1 aliphatic heterocycles. The number of methoxy groups -OCH3 is 1. The van der Waals surface area contributed by atoms with Gasteiger partial charge in [0.25, 0.3) is 11.8 Å². The van der Waals surface area contributed by atoms with Crippen molar-refractivity contribution in [2.75, 3.05) is 58.2 Å². The van der Waals surface area contributed by atoms with Gasteiger partial charge in [-0.2, -0.15) is 0 Å². The molecule has 0 aromatic carbocycles. The Morgan fingerprint density at radius 3 is 2.76 bits per heavy atom. The van der Waals surface area contributed by atoms with Crippen molar-refractivity contribution in [3.05, 3.63) is 11.9 Å². The zero-order chi connectivity index (χ0) is 23.8. The molecule has 1 unspecified atom stereocenters. The number of hydrogen-bond acceptors (Lipinski definition) is 8. The molecular formula is C23H37FN4O5. The number of aromatic nitrogens is 2. The molecule has 2 N–H and O–H groups in total. The molecule has 0 spiro atoms. The second kappa shape index (κ2) is 12.4. The van der Waals surface area contributed by atoms with Crippen LogP contribution in [0.15, 0.2) is 6.20 Å². The van der Waals surface area contributed by atoms with Crippen molar-refractivity contribution in [1.82, 2.24) is 15.3 Å². The third-order valence-electron chi connectivity index (χ3n) is 6.00. The summed E-state index contributed by atoms with van der Waals surface area (Å²) in [6, 6.07) is -0.342. The summed E-state index contributed by atoms with van der Waals surface area (Å²) in [6.07, 6.45) is 3.66. The Morgan fingerprint density at radius 1 is 1.33 bits per heavy atom. The molecular weight excluding hydrogens is 431 g/mol. The number of halogens is 1. The fourth-order valence-corrected chi connectivity index (χ4v) is 3.85. The van der Waals surface area contributed by atoms with Crippen LogP contribution < -0.4 is 15.0 Å². The molecule has 2 aliphatic rings. The van der Waals surface area contributed by atoms with E-state index in [1.807, 2.05) is 18.7 Å². The molecule has 186 valence electrons. The van der Waals surface area contributed by atoms with Gasteiger partial charge in [-0.05, 0) is 37.0 Å². The molecule has 2 fully saturated rings. The molecule has 1 amide bonds. The first-order chi connectivity index (χ1) is 15.9. The Kier molecular flexibility index (Phi) is 9.64. The van der Waals surface area contributed by atoms with Gasteiger partial charge in [-0.3, -0.25) is 9.18 Å². The zero-order valence-corrected chi connectivity index (χ0v) is 19.8. The standard InChI is InChI=1S/C23H37FN4O5/c1-15(2)7-18(12-29)26-22(30)20-9-25-21(28-10-19(11-28)31-3)23(27-20)33-14-17-8-16(17)13-32-6-4-5-24/h9,15-19,29H,4-8,10-14H2,1-3H3,(H,26,30)/t16-,17-,18?/m1/s1. The predicted octanol–water partition coefficient (Wildman–Crippen LogP) is 1.84. The summed E-state index contributed by atoms with van der Waals surface area (Å²) >= 11 is 0. The van der Waals surface area contributed by atoms with Crippen LogP contribution in [0.25, 0.3) is 0 Å². The lowest BCUT2D eigenvalue weighted by Crippen LogP contribution is -2.52. The molecule has 1 saturated heterocycles. The second-order valence-electron chi connectivity index (χ2n) is 9.31. The van der Waals surface area contributed by atoms with E-state index in [0.717, 1.165) is 6.42 Å². The fourth-order valence-electron chi connectivity index (χ4n) is 3.85. The maximum Gasteiger partial charge on any atom is 0.271 e. The quantitative estimate of drug-likeness (QED) is 0.376. The predicted molar refractivity (Wildman–Crippen MR) is 121 cm³/mol. The number of nitrogens with one attached hydrogen (secondary N) is 1. The van der Waals surface area contributed by atoms with E-state index in [-0.39, 0.29) is 37.0 Å². The second-order valence-corrected chi connectivity index (χ2v) is 9.31. The normalized spacial score (nSPS) is 21.1. The molecule has 33 heavy (non-hydrogen) atoms. The van der Waals surface area contributed by atoms with Gasteiger partial charge in [-0.25, -0.2) is 9.97 Å². The molecule has 1 aliphatic carbocycles. The highest BCUT2D eigenvalue weighted by molar-refractivity contribution is 5.92. The Bertz CT molecular complexity index is 762. The lowest BCUT2D eigenvalue weighted by molar-refractivity contribution is 0.0776. The number of aliphatic hydroxyl groups is 1. The van der Waals surface area contributed by atoms with Gasteiger partial charge >= 0.3 is 0 Å². The number of carbonyl (C=O) groups is 1. The Hall–Kier alpha value is -2.04. The molecule has 2 heterocycles. The molecule has 1 aromatic rings. The number of alkyl halides is 1. The van der Waals surface area contributed by atoms with Crippen molar-refractivity contribution >= 4 is 11.7 Å². The van der Waals surface area contributed by atoms with Crippen LogP contribution in [0.5, 0.6) is 5.88 Å². The Balaban J connectivity index is 1.61. The van der Waals surface area contributed by atoms with E-state index in [2.05, 4.69) is 15.3 Å². The van der Waals surface area contributed by atoms with Gasteiger partial charge in [0, 0.05) is 33.4 Å². The van der Waals surface area contributed by atoms with Crippen LogP contribution in [0.3, 0.4) is 0 Å². The van der Waals surface area contributed by atoms with Gasteiger partial charge in [0.05, 0.1) is 38.2 Å². The van der Waals surface area contributed by atoms with Crippen molar-refractivity contribution in [3.8, 4) is 5.88 Å². The third-order valence-corrected chi connectivity index (χ3v) is 6.00. The first-order valence-electron chi connectivity index (χ1n) is 11.8. The van der Waals surface area contributed by atoms with Crippen LogP contribution in [-0.2, 0) is 9.47 Å². The highest BCUT2D eigenvalue weighted by Crippen LogP contribution is 2.39. The van der Waals surface area contributed by atoms with E-state index in [9.17, 15) is 14.3 Å². The number of amides is 1. The van der Waals surface area contributed by atoms with Gasteiger partial charge in [-0.1, -0.05) is 13.8 Å². The van der Waals surface area contributed by atoms with Crippen molar-refractivity contribution in [2.45, 2.75) is 45.3 Å². The molecule has 3 rings (SSSR count). The summed E-state index contributed by atoms with van der Waals surface area (Å²) in [5, 5.41) is 12.4. The first-order valence-corrected chi connectivity index (χ1v) is 11.8. The molecule has 0 radical (unpaired) electrons. The lowest BCUT2D eigenvalue weighted by Gasteiger charge is -2.39. The topological polar surface area (TPSA) is 106 Å². The SMILES string of the molecule is COC1CN(c2ncc(C(=O)NC(CO)CC(C)C)nc2OC[C@H]2C[C@@H]2COCCCF)C1. The molecule has 3 atom stereocenters. The Labute approximate surface area is 195 Å². The number of rotatable bonds is 15. The number of aliphatic hydroxyl groups excluding tert-OH is 1. The summed E-state index contributed by atoms with van der Waals surface area (Å²) in [5.41, 5.74) is 0.154.